The summed E-state index contributed by atoms with van der Waals surface area (Å²) in [4.78, 5) is 110. The molecular formula is C103H114AlBr3Cl9IMgN6O16PdS6. The zero-order valence-corrected chi connectivity index (χ0v) is 107. The molecule has 0 saturated heterocycles. The smallest absolute Gasteiger partial charge is 1.00 e. The molecule has 4 unspecified atom stereocenters. The van der Waals surface area contributed by atoms with Crippen LogP contribution in [-0.4, -0.2) is 149 Å². The number of carboxylic acids is 3. The quantitative estimate of drug-likeness (QED) is 0.0118. The Balaban J connectivity index is 0.00000168. The third-order valence-electron chi connectivity index (χ3n) is 20.9. The zero-order chi connectivity index (χ0) is 107. The van der Waals surface area contributed by atoms with Gasteiger partial charge in [-0.05, 0) is 338 Å². The third kappa shape index (κ3) is 46.7. The van der Waals surface area contributed by atoms with E-state index in [0.29, 0.717) is 68.7 Å². The van der Waals surface area contributed by atoms with Crippen molar-refractivity contribution < 1.29 is 122 Å². The van der Waals surface area contributed by atoms with Gasteiger partial charge in [-0.15, -0.1) is 57.8 Å². The molecule has 0 aliphatic carbocycles. The van der Waals surface area contributed by atoms with Gasteiger partial charge in [0, 0.05) is 159 Å². The molecule has 4 aromatic carbocycles. The van der Waals surface area contributed by atoms with Crippen molar-refractivity contribution in [2.24, 2.45) is 5.73 Å². The summed E-state index contributed by atoms with van der Waals surface area (Å²) in [5.41, 5.74) is 37.4. The Morgan fingerprint density at radius 1 is 0.469 bits per heavy atom. The number of thiophene rings is 6. The topological polar surface area (TPSA) is 367 Å². The average Bonchev–Trinajstić information content (AvgIpc) is 1.63. The minimum Gasteiger partial charge on any atom is -1.00 e. The van der Waals surface area contributed by atoms with Crippen LogP contribution in [-0.2, 0) is 70.1 Å². The summed E-state index contributed by atoms with van der Waals surface area (Å²) in [7, 11) is 14.8. The number of rotatable bonds is 16. The molecule has 44 heteroatoms. The molecule has 0 saturated carbocycles. The van der Waals surface area contributed by atoms with Gasteiger partial charge in [0.2, 0.25) is 11.1 Å². The number of aliphatic carboxylic acids is 3. The van der Waals surface area contributed by atoms with Gasteiger partial charge >= 0.3 is 40.4 Å². The van der Waals surface area contributed by atoms with Crippen LogP contribution in [0.4, 0.5) is 11.6 Å². The Morgan fingerprint density at radius 2 is 0.776 bits per heavy atom. The van der Waals surface area contributed by atoms with Crippen LogP contribution in [0, 0.1) is 76.7 Å². The second-order valence-electron chi connectivity index (χ2n) is 32.0. The number of nitrogens with one attached hydrogen (secondary N) is 1. The van der Waals surface area contributed by atoms with Crippen molar-refractivity contribution in [3.8, 4) is 54.3 Å². The fraction of sp³-hybridized carbons (Fsp3) is 0.301. The van der Waals surface area contributed by atoms with Crippen molar-refractivity contribution in [1.29, 1.82) is 0 Å². The van der Waals surface area contributed by atoms with E-state index in [-0.39, 0.29) is 140 Å². The number of amides is 1. The zero-order valence-electron chi connectivity index (χ0n) is 84.0. The summed E-state index contributed by atoms with van der Waals surface area (Å²) in [6, 6.07) is 22.8. The molecule has 794 valence electrons. The van der Waals surface area contributed by atoms with Crippen molar-refractivity contribution in [2.45, 2.75) is 194 Å². The number of carboxylic acid groups (broad SMARTS) is 3. The number of nitrogens with two attached hydrogens (primary N) is 3. The van der Waals surface area contributed by atoms with Crippen molar-refractivity contribution in [1.82, 2.24) is 15.3 Å². The van der Waals surface area contributed by atoms with E-state index in [0.717, 1.165) is 189 Å². The number of nitrogen functional groups attached to an aromatic ring is 2. The second kappa shape index (κ2) is 70.2. The first-order chi connectivity index (χ1) is 66.6. The SMILES string of the molecule is Brc1cscc1Br.CC(=O)Cl.CC(=O)O.CC(=O)O.CC(=O)c1sc(-c2cc(Cl)c3c(c2)CC(CN)O3)c(C)c1C.CC(=O)c1sc(-c2cc(Cl)c3c(c2)CC(CNC(=O)/C=C/c2ccc(N)nc2)O3)c(C)c1C.CC(=O)c1scc(C)c1C.CCC1Cc2cc(-c3sc(C(C)=O)c(C)c3C)cc(Cl)c2O1.CCC1Cc2cc(Br)cc(Cl)c2O1.Cc1cscc1C.Cl.Nc1ccc(/C=C/C(=O)O)cn1.[CH3-].[Cl][Al]([Cl])[Cl].[I-].[Mg+2].[Pd]. The van der Waals surface area contributed by atoms with Gasteiger partial charge in [0.05, 0.1) is 46.1 Å². The summed E-state index contributed by atoms with van der Waals surface area (Å²) in [5.74, 6) is 1.56. The van der Waals surface area contributed by atoms with Crippen molar-refractivity contribution in [3.05, 3.63) is 274 Å². The van der Waals surface area contributed by atoms with Crippen molar-refractivity contribution in [2.75, 3.05) is 24.6 Å². The predicted molar refractivity (Wildman–Crippen MR) is 623 cm³/mol. The minimum absolute atomic E-state index is 0. The number of ketones is 4. The maximum absolute atomic E-state index is 12.2. The largest absolute Gasteiger partial charge is 2.00 e. The van der Waals surface area contributed by atoms with Crippen LogP contribution in [0.5, 0.6) is 23.0 Å². The number of nitrogens with zero attached hydrogens (tertiary/aromatic N) is 2. The first-order valence-electron chi connectivity index (χ1n) is 43.5. The predicted octanol–water partition coefficient (Wildman–Crippen LogP) is 27.7. The van der Waals surface area contributed by atoms with Crippen LogP contribution in [0.25, 0.3) is 43.5 Å². The van der Waals surface area contributed by atoms with E-state index in [2.05, 4.69) is 144 Å². The maximum Gasteiger partial charge on any atom is 2.00 e. The fourth-order valence-electron chi connectivity index (χ4n) is 13.4. The van der Waals surface area contributed by atoms with E-state index in [4.69, 9.17) is 138 Å². The number of halogens is 13. The van der Waals surface area contributed by atoms with Gasteiger partial charge in [-0.25, -0.2) is 44.9 Å². The van der Waals surface area contributed by atoms with Crippen LogP contribution >= 0.6 is 216 Å². The molecule has 12 aromatic rings. The van der Waals surface area contributed by atoms with Crippen LogP contribution in [0.15, 0.2) is 138 Å². The van der Waals surface area contributed by atoms with Gasteiger partial charge in [0.1, 0.15) is 59.0 Å². The van der Waals surface area contributed by atoms with Gasteiger partial charge < -0.3 is 88.2 Å². The molecule has 4 atom stereocenters. The van der Waals surface area contributed by atoms with Gasteiger partial charge in [-0.3, -0.25) is 38.4 Å². The molecule has 0 fully saturated rings. The van der Waals surface area contributed by atoms with E-state index in [1.54, 1.807) is 98.2 Å². The van der Waals surface area contributed by atoms with Crippen LogP contribution in [0.1, 0.15) is 203 Å². The van der Waals surface area contributed by atoms with Gasteiger partial charge in [-0.2, -0.15) is 22.7 Å². The van der Waals surface area contributed by atoms with Gasteiger partial charge in [0.25, 0.3) is 11.9 Å². The average molecular weight is 2730 g/mol. The van der Waals surface area contributed by atoms with E-state index >= 15 is 0 Å². The molecule has 1 amide bonds. The van der Waals surface area contributed by atoms with Crippen LogP contribution in [0.2, 0.25) is 20.1 Å². The molecule has 22 nitrogen and oxygen atoms in total. The Hall–Kier alpha value is -5.41. The molecule has 4 aliphatic heterocycles. The number of ether oxygens (including phenoxy) is 4. The summed E-state index contributed by atoms with van der Waals surface area (Å²) in [5, 5.41) is 38.6. The van der Waals surface area contributed by atoms with Gasteiger partial charge in [0.15, 0.2) is 23.1 Å². The number of aromatic nitrogens is 2. The summed E-state index contributed by atoms with van der Waals surface area (Å²) in [6.45, 7) is 35.4. The second-order valence-corrected chi connectivity index (χ2v) is 48.7. The molecule has 8 aromatic heterocycles. The molecule has 16 rings (SSSR count). The standard InChI is InChI=1S/C25H24ClN3O3S.C18H19ClO2S.C17H18ClNO2S.C10H10BrClO.C8H8N2O2.C8H10OS.C6H8S.C4H2Br2S.C2H3ClO.2C2H4O2.CH3.Al.4ClH.HI.Mg.Pd/c1-13-14(2)25(33-24(13)15(3)30)18-8-17-9-19(32-23(17)20(26)10-18)12-29-22(31)7-5-16-4-6-21(27)28-11-16;1-5-14-7-12-6-13(8-15(19)16(12)21-14)18-10(3)9(2)17(22-18)11(4)20;1-8-9(2)17(22-16(8)10(3)20)12-4-11-5-13(7-19)21-15(11)14(18)6-12;1-2-8-4-6-3-7(11)5-9(12)10(6)13-8;9-7-3-1-6(5-10-7)2-4-8(11)12;1-5-4-10-8(6(5)2)7(3)9;1-5-3-7-4-6(5)2;5-3-1-7-2-4(3)6;3*1-2(3)4;;;;;;;;;/h4-8,10-11,19H,9,12H2,1-3H3,(H2,27,28)(H,29,31);6,8,14H,5,7H2,1-4H3;4,6,13H,5,7,19H2,1-3H3;3,5,8H,2,4H2,1H3;1-5H,(H2,9,10)(H,11,12);4H,1-3H3;3-4H,1-2H3;1-2H;1H3;2*1H3,(H,3,4);1H3;;5*1H;;/q;;;;;;;;;;;-1;+3;;;;;;+2;/p-4/b7-5+;;;;4-2+;;;;;;;;;;;;;;;. The number of anilines is 2. The molecule has 147 heavy (non-hydrogen) atoms. The molecule has 4 aliphatic rings. The third-order valence-corrected chi connectivity index (χ3v) is 32.6. The number of hydrogen-bond donors (Lipinski definition) is 7. The summed E-state index contributed by atoms with van der Waals surface area (Å²) in [6.07, 6.45) is 14.4. The molecule has 12 heterocycles. The minimum atomic E-state index is -1.72. The van der Waals surface area contributed by atoms with E-state index < -0.39 is 29.3 Å². The van der Waals surface area contributed by atoms with E-state index in [9.17, 15) is 33.6 Å². The monoisotopic (exact) mass is 2720 g/mol. The Morgan fingerprint density at radius 3 is 1.04 bits per heavy atom. The first-order valence-corrected chi connectivity index (χ1v) is 58.2. The maximum atomic E-state index is 12.2. The Labute approximate surface area is 1000 Å². The number of carbonyl (C=O) groups excluding carboxylic acids is 6. The van der Waals surface area contributed by atoms with Gasteiger partial charge in [-0.1, -0.05) is 76.2 Å². The number of aryl methyl sites for hydroxylation is 3. The van der Waals surface area contributed by atoms with Crippen molar-refractivity contribution in [3.63, 3.8) is 0 Å². The first kappa shape index (κ1) is 142. The number of carbonyl (C=O) groups is 9. The van der Waals surface area contributed by atoms with Crippen LogP contribution in [0.3, 0.4) is 0 Å². The Kier molecular flexibility index (Phi) is 67.6. The molecule has 0 radical (unpaired) electrons. The summed E-state index contributed by atoms with van der Waals surface area (Å²) >= 11 is 47.9. The molecule has 0 bridgehead atoms. The Bertz CT molecular complexity index is 6270. The number of benzene rings is 4. The van der Waals surface area contributed by atoms with E-state index in [1.165, 1.54) is 87.1 Å². The number of fused-ring (bicyclic) bond motifs is 4. The van der Waals surface area contributed by atoms with Crippen molar-refractivity contribution >= 4 is 327 Å². The normalized spacial score (nSPS) is 13.1. The number of pyridine rings is 2. The number of Topliss-reactive ketones (excluding diaryl/α,β-unsaturated/α-hetero) is 4. The molecule has 10 N–H and O–H groups in total. The van der Waals surface area contributed by atoms with E-state index in [1.807, 2.05) is 88.9 Å². The summed E-state index contributed by atoms with van der Waals surface area (Å²) < 4.78 is 26.7. The number of hydrogen-bond acceptors (Lipinski definition) is 24. The van der Waals surface area contributed by atoms with Crippen LogP contribution < -0.4 is 65.4 Å². The molecular weight excluding hydrogens is 2610 g/mol. The molecule has 0 spiro atoms. The fourth-order valence-corrected chi connectivity index (χ4v) is 22.3.